The molecule has 4 heteroatoms. The molecule has 1 amide bonds. The Balaban J connectivity index is 2.24. The third-order valence-electron chi connectivity index (χ3n) is 2.88. The maximum Gasteiger partial charge on any atom is 0.266 e. The Kier molecular flexibility index (Phi) is 4.37. The molecule has 0 atom stereocenters. The van der Waals surface area contributed by atoms with Crippen molar-refractivity contribution in [3.8, 4) is 11.8 Å². The molecule has 0 heterocycles. The van der Waals surface area contributed by atoms with Gasteiger partial charge in [0.15, 0.2) is 0 Å². The number of nitrogens with one attached hydrogen (secondary N) is 1. The Morgan fingerprint density at radius 3 is 2.67 bits per heavy atom. The molecule has 0 radical (unpaired) electrons. The largest absolute Gasteiger partial charge is 0.507 e. The summed E-state index contributed by atoms with van der Waals surface area (Å²) in [5.74, 6) is -0.486. The highest BCUT2D eigenvalue weighted by Gasteiger charge is 2.10. The van der Waals surface area contributed by atoms with E-state index in [4.69, 9.17) is 5.26 Å². The van der Waals surface area contributed by atoms with Gasteiger partial charge in [0.1, 0.15) is 17.4 Å². The number of carbonyl (C=O) groups is 1. The summed E-state index contributed by atoms with van der Waals surface area (Å²) in [7, 11) is 0. The van der Waals surface area contributed by atoms with Gasteiger partial charge in [-0.2, -0.15) is 5.26 Å². The van der Waals surface area contributed by atoms with E-state index in [1.807, 2.05) is 31.2 Å². The molecule has 0 aliphatic rings. The van der Waals surface area contributed by atoms with Crippen molar-refractivity contribution in [3.05, 3.63) is 65.2 Å². The molecule has 2 aromatic carbocycles. The number of anilines is 1. The van der Waals surface area contributed by atoms with Crippen LogP contribution in [-0.4, -0.2) is 11.0 Å². The molecular formula is C17H14N2O2. The van der Waals surface area contributed by atoms with Crippen molar-refractivity contribution in [1.29, 1.82) is 5.26 Å². The summed E-state index contributed by atoms with van der Waals surface area (Å²) in [6, 6.07) is 15.7. The first kappa shape index (κ1) is 14.4. The highest BCUT2D eigenvalue weighted by molar-refractivity contribution is 6.09. The number of amides is 1. The summed E-state index contributed by atoms with van der Waals surface area (Å²) in [6.07, 6.45) is 1.36. The Hall–Kier alpha value is -3.06. The number of hydrogen-bond acceptors (Lipinski definition) is 3. The van der Waals surface area contributed by atoms with Gasteiger partial charge >= 0.3 is 0 Å². The number of aromatic hydroxyl groups is 1. The molecule has 0 fully saturated rings. The van der Waals surface area contributed by atoms with Crippen LogP contribution in [-0.2, 0) is 4.79 Å². The molecule has 0 bridgehead atoms. The van der Waals surface area contributed by atoms with E-state index in [2.05, 4.69) is 5.32 Å². The summed E-state index contributed by atoms with van der Waals surface area (Å²) >= 11 is 0. The Morgan fingerprint density at radius 1 is 1.24 bits per heavy atom. The van der Waals surface area contributed by atoms with Crippen LogP contribution in [0, 0.1) is 18.3 Å². The molecule has 21 heavy (non-hydrogen) atoms. The van der Waals surface area contributed by atoms with E-state index in [1.165, 1.54) is 12.1 Å². The molecule has 0 unspecified atom stereocenters. The number of para-hydroxylation sites is 1. The molecule has 0 aliphatic heterocycles. The molecular weight excluding hydrogens is 264 g/mol. The standard InChI is InChI=1S/C17H14N2O2/c1-12-5-4-7-15(9-12)19-17(21)14(11-18)10-13-6-2-3-8-16(13)20/h2-10,20H,1H3,(H,19,21)/b14-10-. The molecule has 2 aromatic rings. The molecule has 2 N–H and O–H groups in total. The normalized spacial score (nSPS) is 10.8. The molecule has 2 rings (SSSR count). The first-order chi connectivity index (χ1) is 10.1. The van der Waals surface area contributed by atoms with Gasteiger partial charge in [-0.15, -0.1) is 0 Å². The Labute approximate surface area is 123 Å². The van der Waals surface area contributed by atoms with Crippen molar-refractivity contribution in [1.82, 2.24) is 0 Å². The van der Waals surface area contributed by atoms with Gasteiger partial charge in [-0.1, -0.05) is 30.3 Å². The van der Waals surface area contributed by atoms with E-state index in [1.54, 1.807) is 24.3 Å². The average Bonchev–Trinajstić information content (AvgIpc) is 2.46. The lowest BCUT2D eigenvalue weighted by molar-refractivity contribution is -0.112. The monoisotopic (exact) mass is 278 g/mol. The third kappa shape index (κ3) is 3.71. The lowest BCUT2D eigenvalue weighted by atomic mass is 10.1. The lowest BCUT2D eigenvalue weighted by Crippen LogP contribution is -2.13. The van der Waals surface area contributed by atoms with Crippen LogP contribution < -0.4 is 5.32 Å². The fourth-order valence-corrected chi connectivity index (χ4v) is 1.83. The van der Waals surface area contributed by atoms with Gasteiger partial charge < -0.3 is 10.4 Å². The van der Waals surface area contributed by atoms with Gasteiger partial charge in [0.2, 0.25) is 0 Å². The van der Waals surface area contributed by atoms with E-state index < -0.39 is 5.91 Å². The van der Waals surface area contributed by atoms with Crippen molar-refractivity contribution in [2.24, 2.45) is 0 Å². The first-order valence-electron chi connectivity index (χ1n) is 6.38. The number of benzene rings is 2. The van der Waals surface area contributed by atoms with Gasteiger partial charge in [-0.3, -0.25) is 4.79 Å². The van der Waals surface area contributed by atoms with Crippen molar-refractivity contribution in [3.63, 3.8) is 0 Å². The Morgan fingerprint density at radius 2 is 2.00 bits per heavy atom. The number of carbonyl (C=O) groups excluding carboxylic acids is 1. The van der Waals surface area contributed by atoms with E-state index in [9.17, 15) is 9.90 Å². The van der Waals surface area contributed by atoms with Gasteiger partial charge in [0.05, 0.1) is 0 Å². The molecule has 104 valence electrons. The number of phenols is 1. The summed E-state index contributed by atoms with van der Waals surface area (Å²) in [5.41, 5.74) is 1.99. The summed E-state index contributed by atoms with van der Waals surface area (Å²) in [5, 5.41) is 21.5. The zero-order valence-corrected chi connectivity index (χ0v) is 11.5. The number of hydrogen-bond donors (Lipinski definition) is 2. The van der Waals surface area contributed by atoms with Crippen molar-refractivity contribution >= 4 is 17.7 Å². The zero-order valence-electron chi connectivity index (χ0n) is 11.5. The topological polar surface area (TPSA) is 73.1 Å². The van der Waals surface area contributed by atoms with Gasteiger partial charge in [-0.05, 0) is 36.8 Å². The number of phenolic OH excluding ortho intramolecular Hbond substituents is 1. The SMILES string of the molecule is Cc1cccc(NC(=O)/C(C#N)=C\c2ccccc2O)c1. The van der Waals surface area contributed by atoms with Crippen LogP contribution in [0.3, 0.4) is 0 Å². The second-order valence-corrected chi connectivity index (χ2v) is 4.55. The van der Waals surface area contributed by atoms with Crippen LogP contribution in [0.15, 0.2) is 54.1 Å². The lowest BCUT2D eigenvalue weighted by Gasteiger charge is -2.05. The van der Waals surface area contributed by atoms with Crippen LogP contribution in [0.5, 0.6) is 5.75 Å². The van der Waals surface area contributed by atoms with Gasteiger partial charge in [0.25, 0.3) is 5.91 Å². The smallest absolute Gasteiger partial charge is 0.266 e. The maximum atomic E-state index is 12.1. The first-order valence-corrected chi connectivity index (χ1v) is 6.38. The molecule has 0 saturated carbocycles. The molecule has 0 saturated heterocycles. The number of nitriles is 1. The van der Waals surface area contributed by atoms with E-state index in [0.29, 0.717) is 11.3 Å². The molecule has 4 nitrogen and oxygen atoms in total. The molecule has 0 aromatic heterocycles. The minimum absolute atomic E-state index is 0.0219. The third-order valence-corrected chi connectivity index (χ3v) is 2.88. The van der Waals surface area contributed by atoms with Gasteiger partial charge in [0, 0.05) is 11.3 Å². The Bertz CT molecular complexity index is 742. The predicted molar refractivity (Wildman–Crippen MR) is 81.5 cm³/mol. The zero-order chi connectivity index (χ0) is 15.2. The maximum absolute atomic E-state index is 12.1. The summed E-state index contributed by atoms with van der Waals surface area (Å²) in [6.45, 7) is 1.92. The van der Waals surface area contributed by atoms with Crippen molar-refractivity contribution in [2.45, 2.75) is 6.92 Å². The highest BCUT2D eigenvalue weighted by Crippen LogP contribution is 2.19. The van der Waals surface area contributed by atoms with E-state index in [0.717, 1.165) is 5.56 Å². The van der Waals surface area contributed by atoms with Crippen LogP contribution in [0.4, 0.5) is 5.69 Å². The summed E-state index contributed by atoms with van der Waals surface area (Å²) in [4.78, 5) is 12.1. The average molecular weight is 278 g/mol. The van der Waals surface area contributed by atoms with Crippen LogP contribution in [0.1, 0.15) is 11.1 Å². The fourth-order valence-electron chi connectivity index (χ4n) is 1.83. The second-order valence-electron chi connectivity index (χ2n) is 4.55. The minimum atomic E-state index is -0.508. The fraction of sp³-hybridized carbons (Fsp3) is 0.0588. The molecule has 0 spiro atoms. The van der Waals surface area contributed by atoms with Crippen LogP contribution in [0.2, 0.25) is 0 Å². The second kappa shape index (κ2) is 6.40. The van der Waals surface area contributed by atoms with Crippen LogP contribution >= 0.6 is 0 Å². The van der Waals surface area contributed by atoms with Crippen LogP contribution in [0.25, 0.3) is 6.08 Å². The number of nitrogens with zero attached hydrogens (tertiary/aromatic N) is 1. The molecule has 0 aliphatic carbocycles. The van der Waals surface area contributed by atoms with E-state index >= 15 is 0 Å². The van der Waals surface area contributed by atoms with Gasteiger partial charge in [-0.25, -0.2) is 0 Å². The quantitative estimate of drug-likeness (QED) is 0.668. The highest BCUT2D eigenvalue weighted by atomic mass is 16.3. The number of aryl methyl sites for hydroxylation is 1. The number of rotatable bonds is 3. The summed E-state index contributed by atoms with van der Waals surface area (Å²) < 4.78 is 0. The van der Waals surface area contributed by atoms with Crippen molar-refractivity contribution < 1.29 is 9.90 Å². The van der Waals surface area contributed by atoms with Crippen molar-refractivity contribution in [2.75, 3.05) is 5.32 Å². The van der Waals surface area contributed by atoms with E-state index in [-0.39, 0.29) is 11.3 Å². The minimum Gasteiger partial charge on any atom is -0.507 e. The predicted octanol–water partition coefficient (Wildman–Crippen LogP) is 3.25.